The summed E-state index contributed by atoms with van der Waals surface area (Å²) in [4.78, 5) is 32.2. The molecule has 0 aliphatic carbocycles. The van der Waals surface area contributed by atoms with Gasteiger partial charge in [-0.1, -0.05) is 45.2 Å². The number of carbonyl (C=O) groups is 1. The number of unbranched alkanes of at least 4 members (excludes halogenated alkanes) is 2. The van der Waals surface area contributed by atoms with Gasteiger partial charge in [-0.05, 0) is 37.5 Å². The Labute approximate surface area is 166 Å². The summed E-state index contributed by atoms with van der Waals surface area (Å²) in [5.41, 5.74) is 0.445. The quantitative estimate of drug-likeness (QED) is 0.612. The van der Waals surface area contributed by atoms with E-state index in [1.807, 2.05) is 25.7 Å². The fraction of sp³-hybridized carbons (Fsp3) is 0.571. The van der Waals surface area contributed by atoms with Gasteiger partial charge in [-0.2, -0.15) is 0 Å². The second kappa shape index (κ2) is 9.36. The number of fused-ring (bicyclic) bond motifs is 1. The van der Waals surface area contributed by atoms with Crippen molar-refractivity contribution >= 4 is 28.4 Å². The summed E-state index contributed by atoms with van der Waals surface area (Å²) in [6.07, 6.45) is 3.59. The van der Waals surface area contributed by atoms with Crippen molar-refractivity contribution in [1.82, 2.24) is 14.5 Å². The molecule has 1 aromatic carbocycles. The van der Waals surface area contributed by atoms with Gasteiger partial charge < -0.3 is 4.90 Å². The number of hydrogen-bond acceptors (Lipinski definition) is 3. The van der Waals surface area contributed by atoms with Crippen LogP contribution in [0, 0.1) is 5.92 Å². The zero-order valence-electron chi connectivity index (χ0n) is 17.0. The molecule has 0 fully saturated rings. The van der Waals surface area contributed by atoms with Crippen molar-refractivity contribution in [2.75, 3.05) is 6.54 Å². The summed E-state index contributed by atoms with van der Waals surface area (Å²) in [5.74, 6) is 0.975. The van der Waals surface area contributed by atoms with Crippen molar-refractivity contribution in [2.24, 2.45) is 13.0 Å². The van der Waals surface area contributed by atoms with E-state index in [0.29, 0.717) is 34.7 Å². The molecule has 148 valence electrons. The number of aromatic nitrogens is 2. The molecular formula is C21H30ClN3O2. The molecule has 1 aromatic heterocycles. The average molecular weight is 392 g/mol. The van der Waals surface area contributed by atoms with Crippen LogP contribution in [0.3, 0.4) is 0 Å². The zero-order valence-corrected chi connectivity index (χ0v) is 17.7. The first kappa shape index (κ1) is 21.4. The van der Waals surface area contributed by atoms with E-state index in [-0.39, 0.29) is 23.4 Å². The van der Waals surface area contributed by atoms with Crippen LogP contribution < -0.4 is 5.56 Å². The third-order valence-corrected chi connectivity index (χ3v) is 5.06. The molecule has 0 saturated carbocycles. The minimum absolute atomic E-state index is 0.106. The fourth-order valence-electron chi connectivity index (χ4n) is 3.31. The van der Waals surface area contributed by atoms with Crippen LogP contribution in [0.1, 0.15) is 65.2 Å². The molecule has 0 N–H and O–H groups in total. The van der Waals surface area contributed by atoms with E-state index < -0.39 is 0 Å². The summed E-state index contributed by atoms with van der Waals surface area (Å²) in [6.45, 7) is 8.84. The Morgan fingerprint density at radius 3 is 2.59 bits per heavy atom. The summed E-state index contributed by atoms with van der Waals surface area (Å²) in [7, 11) is 1.71. The first-order valence-corrected chi connectivity index (χ1v) is 10.1. The predicted molar refractivity (Wildman–Crippen MR) is 111 cm³/mol. The number of benzene rings is 1. The maximum Gasteiger partial charge on any atom is 0.261 e. The van der Waals surface area contributed by atoms with E-state index in [0.717, 1.165) is 19.3 Å². The number of nitrogens with zero attached hydrogens (tertiary/aromatic N) is 3. The number of rotatable bonds is 8. The third kappa shape index (κ3) is 5.10. The molecule has 0 radical (unpaired) electrons. The van der Waals surface area contributed by atoms with Crippen LogP contribution >= 0.6 is 11.6 Å². The highest BCUT2D eigenvalue weighted by atomic mass is 35.5. The van der Waals surface area contributed by atoms with E-state index >= 15 is 0 Å². The van der Waals surface area contributed by atoms with E-state index in [1.165, 1.54) is 0 Å². The zero-order chi connectivity index (χ0) is 20.1. The lowest BCUT2D eigenvalue weighted by Crippen LogP contribution is -2.38. The molecular weight excluding hydrogens is 362 g/mol. The van der Waals surface area contributed by atoms with Crippen LogP contribution in [0.15, 0.2) is 23.0 Å². The van der Waals surface area contributed by atoms with E-state index in [9.17, 15) is 9.59 Å². The van der Waals surface area contributed by atoms with Gasteiger partial charge in [-0.25, -0.2) is 4.98 Å². The van der Waals surface area contributed by atoms with Gasteiger partial charge in [0.05, 0.1) is 16.9 Å². The topological polar surface area (TPSA) is 55.2 Å². The second-order valence-corrected chi connectivity index (χ2v) is 8.00. The van der Waals surface area contributed by atoms with Gasteiger partial charge in [-0.15, -0.1) is 0 Å². The molecule has 0 spiro atoms. The molecule has 1 atom stereocenters. The molecule has 0 aliphatic heterocycles. The fourth-order valence-corrected chi connectivity index (χ4v) is 3.47. The normalized spacial score (nSPS) is 12.6. The van der Waals surface area contributed by atoms with E-state index in [1.54, 1.807) is 29.8 Å². The molecule has 1 heterocycles. The van der Waals surface area contributed by atoms with Crippen LogP contribution in [0.5, 0.6) is 0 Å². The number of amides is 1. The van der Waals surface area contributed by atoms with Crippen molar-refractivity contribution in [1.29, 1.82) is 0 Å². The lowest BCUT2D eigenvalue weighted by Gasteiger charge is -2.30. The summed E-state index contributed by atoms with van der Waals surface area (Å²) in [5, 5.41) is 1.07. The standard InChI is InChI=1S/C21H30ClN3O2/c1-6-7-8-11-25(19(26)12-14(2)3)15(4)20-23-18-13-16(22)9-10-17(18)21(27)24(20)5/h9-10,13-15H,6-8,11-12H2,1-5H3. The minimum Gasteiger partial charge on any atom is -0.333 e. The Balaban J connectivity index is 2.46. The smallest absolute Gasteiger partial charge is 0.261 e. The monoisotopic (exact) mass is 391 g/mol. The molecule has 0 aliphatic rings. The van der Waals surface area contributed by atoms with Gasteiger partial charge in [0, 0.05) is 25.0 Å². The number of carbonyl (C=O) groups excluding carboxylic acids is 1. The van der Waals surface area contributed by atoms with Crippen molar-refractivity contribution in [2.45, 2.75) is 59.4 Å². The summed E-state index contributed by atoms with van der Waals surface area (Å²) >= 11 is 6.08. The molecule has 0 bridgehead atoms. The van der Waals surface area contributed by atoms with Gasteiger partial charge in [0.25, 0.3) is 5.56 Å². The molecule has 1 unspecified atom stereocenters. The number of halogens is 1. The van der Waals surface area contributed by atoms with Crippen molar-refractivity contribution in [3.8, 4) is 0 Å². The molecule has 1 amide bonds. The molecule has 5 nitrogen and oxygen atoms in total. The van der Waals surface area contributed by atoms with Crippen LogP contribution in [0.25, 0.3) is 10.9 Å². The Morgan fingerprint density at radius 1 is 1.26 bits per heavy atom. The van der Waals surface area contributed by atoms with Gasteiger partial charge in [0.1, 0.15) is 5.82 Å². The average Bonchev–Trinajstić information content (AvgIpc) is 2.60. The lowest BCUT2D eigenvalue weighted by molar-refractivity contribution is -0.134. The molecule has 27 heavy (non-hydrogen) atoms. The van der Waals surface area contributed by atoms with E-state index in [4.69, 9.17) is 16.6 Å². The number of hydrogen-bond donors (Lipinski definition) is 0. The van der Waals surface area contributed by atoms with Crippen molar-refractivity contribution in [3.63, 3.8) is 0 Å². The summed E-state index contributed by atoms with van der Waals surface area (Å²) in [6, 6.07) is 4.81. The van der Waals surface area contributed by atoms with Crippen LogP contribution in [-0.2, 0) is 11.8 Å². The van der Waals surface area contributed by atoms with E-state index in [2.05, 4.69) is 6.92 Å². The molecule has 0 saturated heterocycles. The van der Waals surface area contributed by atoms with Crippen LogP contribution in [0.4, 0.5) is 0 Å². The predicted octanol–water partition coefficient (Wildman–Crippen LogP) is 4.71. The minimum atomic E-state index is -0.283. The van der Waals surface area contributed by atoms with Gasteiger partial charge >= 0.3 is 0 Å². The van der Waals surface area contributed by atoms with Gasteiger partial charge in [0.2, 0.25) is 5.91 Å². The Hall–Kier alpha value is -1.88. The SMILES string of the molecule is CCCCCN(C(=O)CC(C)C)C(C)c1nc2cc(Cl)ccc2c(=O)n1C. The third-order valence-electron chi connectivity index (χ3n) is 4.82. The molecule has 6 heteroatoms. The highest BCUT2D eigenvalue weighted by molar-refractivity contribution is 6.31. The lowest BCUT2D eigenvalue weighted by atomic mass is 10.1. The maximum atomic E-state index is 12.9. The Kier molecular flexibility index (Phi) is 7.42. The Morgan fingerprint density at radius 2 is 1.96 bits per heavy atom. The van der Waals surface area contributed by atoms with Crippen LogP contribution in [0.2, 0.25) is 5.02 Å². The van der Waals surface area contributed by atoms with Crippen molar-refractivity contribution in [3.05, 3.63) is 39.4 Å². The van der Waals surface area contributed by atoms with Gasteiger partial charge in [0.15, 0.2) is 0 Å². The van der Waals surface area contributed by atoms with Gasteiger partial charge in [-0.3, -0.25) is 14.2 Å². The largest absolute Gasteiger partial charge is 0.333 e. The molecule has 2 rings (SSSR count). The van der Waals surface area contributed by atoms with Crippen molar-refractivity contribution < 1.29 is 4.79 Å². The highest BCUT2D eigenvalue weighted by Crippen LogP contribution is 2.23. The Bertz CT molecular complexity index is 860. The first-order chi connectivity index (χ1) is 12.8. The second-order valence-electron chi connectivity index (χ2n) is 7.56. The maximum absolute atomic E-state index is 12.9. The molecule has 2 aromatic rings. The first-order valence-electron chi connectivity index (χ1n) is 9.71. The highest BCUT2D eigenvalue weighted by Gasteiger charge is 2.25. The van der Waals surface area contributed by atoms with Crippen LogP contribution in [-0.4, -0.2) is 26.9 Å². The summed E-state index contributed by atoms with van der Waals surface area (Å²) < 4.78 is 1.55.